The minimum absolute atomic E-state index is 0.250. The first-order valence-electron chi connectivity index (χ1n) is 3.65. The lowest BCUT2D eigenvalue weighted by atomic mass is 10.5. The molecule has 0 heterocycles. The number of rotatable bonds is 3. The Morgan fingerprint density at radius 1 is 1.36 bits per heavy atom. The Labute approximate surface area is 99.6 Å². The third-order valence-corrected chi connectivity index (χ3v) is 1.63. The number of carboxylic acids is 1. The van der Waals surface area contributed by atoms with E-state index in [0.717, 1.165) is 6.26 Å². The lowest BCUT2D eigenvalue weighted by Gasteiger charge is -1.97. The Hall–Kier alpha value is -0.360. The molecule has 0 saturated heterocycles. The number of alkyl halides is 2. The van der Waals surface area contributed by atoms with Crippen LogP contribution in [0.5, 0.6) is 0 Å². The summed E-state index contributed by atoms with van der Waals surface area (Å²) in [7, 11) is 0. The van der Waals surface area contributed by atoms with Crippen LogP contribution in [0.2, 0.25) is 0 Å². The van der Waals surface area contributed by atoms with Crippen molar-refractivity contribution in [1.29, 1.82) is 0 Å². The second kappa shape index (κ2) is 9.21. The van der Waals surface area contributed by atoms with Crippen molar-refractivity contribution in [3.05, 3.63) is 12.8 Å². The maximum atomic E-state index is 10.4. The molecule has 0 aliphatic carbocycles. The van der Waals surface area contributed by atoms with Gasteiger partial charge in [-0.15, -0.1) is 0 Å². The average molecular weight is 332 g/mol. The zero-order valence-electron chi connectivity index (χ0n) is 7.87. The van der Waals surface area contributed by atoms with E-state index in [0.29, 0.717) is 0 Å². The molecule has 1 N–H and O–H groups in total. The van der Waals surface area contributed by atoms with Crippen LogP contribution in [0.15, 0.2) is 12.8 Å². The van der Waals surface area contributed by atoms with Crippen molar-refractivity contribution < 1.29 is 19.4 Å². The van der Waals surface area contributed by atoms with E-state index in [2.05, 4.69) is 43.2 Å². The van der Waals surface area contributed by atoms with Crippen LogP contribution in [0.4, 0.5) is 0 Å². The van der Waals surface area contributed by atoms with Gasteiger partial charge in [0.15, 0.2) is 0 Å². The Kier molecular flexibility index (Phi) is 10.6. The molecule has 0 aliphatic rings. The summed E-state index contributed by atoms with van der Waals surface area (Å²) >= 11 is 5.86. The maximum absolute atomic E-state index is 10.4. The minimum Gasteiger partial charge on any atom is -0.480 e. The van der Waals surface area contributed by atoms with Gasteiger partial charge in [-0.25, -0.2) is 0 Å². The van der Waals surface area contributed by atoms with Crippen LogP contribution >= 0.6 is 31.9 Å². The summed E-state index contributed by atoms with van der Waals surface area (Å²) in [6, 6.07) is 0. The lowest BCUT2D eigenvalue weighted by molar-refractivity contribution is -0.137. The van der Waals surface area contributed by atoms with Gasteiger partial charge in [0.25, 0.3) is 0 Å². The predicted octanol–water partition coefficient (Wildman–Crippen LogP) is 2.31. The molecule has 0 aromatic heterocycles. The van der Waals surface area contributed by atoms with E-state index in [1.807, 2.05) is 0 Å². The van der Waals surface area contributed by atoms with E-state index in [4.69, 9.17) is 5.11 Å². The van der Waals surface area contributed by atoms with Gasteiger partial charge in [0.1, 0.15) is 9.65 Å². The third kappa shape index (κ3) is 11.6. The smallest absolute Gasteiger partial charge is 0.324 e. The van der Waals surface area contributed by atoms with Crippen molar-refractivity contribution in [1.82, 2.24) is 0 Å². The molecule has 0 radical (unpaired) electrons. The molecule has 6 heteroatoms. The highest BCUT2D eigenvalue weighted by molar-refractivity contribution is 9.10. The van der Waals surface area contributed by atoms with Gasteiger partial charge in [-0.1, -0.05) is 38.4 Å². The third-order valence-electron chi connectivity index (χ3n) is 0.865. The molecule has 0 aromatic rings. The summed E-state index contributed by atoms with van der Waals surface area (Å²) in [5, 5.41) is 7.94. The fourth-order valence-corrected chi connectivity index (χ4v) is 0.284. The highest BCUT2D eigenvalue weighted by Crippen LogP contribution is 1.99. The first kappa shape index (κ1) is 16.1. The molecule has 0 saturated carbocycles. The van der Waals surface area contributed by atoms with Crippen LogP contribution in [-0.4, -0.2) is 26.7 Å². The summed E-state index contributed by atoms with van der Waals surface area (Å²) in [5.41, 5.74) is 0. The number of aliphatic carboxylic acids is 1. The van der Waals surface area contributed by atoms with Crippen LogP contribution in [0.25, 0.3) is 0 Å². The zero-order chi connectivity index (χ0) is 11.7. The fourth-order valence-electron chi connectivity index (χ4n) is 0.176. The highest BCUT2D eigenvalue weighted by Gasteiger charge is 2.06. The number of hydrogen-bond donors (Lipinski definition) is 1. The Morgan fingerprint density at radius 2 is 1.71 bits per heavy atom. The van der Waals surface area contributed by atoms with Crippen LogP contribution in [0.3, 0.4) is 0 Å². The molecule has 0 spiro atoms. The second-order valence-corrected chi connectivity index (χ2v) is 4.92. The Balaban J connectivity index is 0. The highest BCUT2D eigenvalue weighted by atomic mass is 79.9. The second-order valence-electron chi connectivity index (χ2n) is 2.17. The van der Waals surface area contributed by atoms with Crippen molar-refractivity contribution in [2.75, 3.05) is 0 Å². The summed E-state index contributed by atoms with van der Waals surface area (Å²) in [4.78, 5) is 19.4. The summed E-state index contributed by atoms with van der Waals surface area (Å²) in [5.74, 6) is -1.14. The molecular formula is C8H12Br2O4. The number of carbonyl (C=O) groups excluding carboxylic acids is 1. The monoisotopic (exact) mass is 330 g/mol. The van der Waals surface area contributed by atoms with E-state index >= 15 is 0 Å². The molecule has 82 valence electrons. The summed E-state index contributed by atoms with van der Waals surface area (Å²) in [6.45, 7) is 6.46. The molecule has 0 aromatic carbocycles. The lowest BCUT2D eigenvalue weighted by Crippen LogP contribution is -2.09. The predicted molar refractivity (Wildman–Crippen MR) is 60.7 cm³/mol. The van der Waals surface area contributed by atoms with Gasteiger partial charge in [-0.2, -0.15) is 0 Å². The standard InChI is InChI=1S/C5H7BrO2.C3H5BrO2/c1-3-8-5(7)4(2)6;1-2(4)3(5)6/h3-4H,1H2,2H3;2H,1H3,(H,5,6). The largest absolute Gasteiger partial charge is 0.480 e. The first-order chi connectivity index (χ1) is 6.32. The van der Waals surface area contributed by atoms with Crippen molar-refractivity contribution >= 4 is 43.8 Å². The normalized spacial score (nSPS) is 12.9. The Morgan fingerprint density at radius 3 is 1.79 bits per heavy atom. The molecule has 2 atom stereocenters. The van der Waals surface area contributed by atoms with E-state index in [-0.39, 0.29) is 10.8 Å². The van der Waals surface area contributed by atoms with Crippen molar-refractivity contribution in [3.63, 3.8) is 0 Å². The van der Waals surface area contributed by atoms with E-state index in [1.54, 1.807) is 13.8 Å². The number of carbonyl (C=O) groups is 2. The van der Waals surface area contributed by atoms with Crippen LogP contribution < -0.4 is 0 Å². The molecular weight excluding hydrogens is 320 g/mol. The van der Waals surface area contributed by atoms with Crippen molar-refractivity contribution in [2.24, 2.45) is 0 Å². The zero-order valence-corrected chi connectivity index (χ0v) is 11.0. The minimum atomic E-state index is -0.824. The van der Waals surface area contributed by atoms with Gasteiger partial charge in [-0.3, -0.25) is 9.59 Å². The quantitative estimate of drug-likeness (QED) is 0.489. The number of halogens is 2. The number of ether oxygens (including phenoxy) is 1. The van der Waals surface area contributed by atoms with Gasteiger partial charge in [0.05, 0.1) is 6.26 Å². The van der Waals surface area contributed by atoms with Crippen LogP contribution in [-0.2, 0) is 14.3 Å². The van der Waals surface area contributed by atoms with Gasteiger partial charge < -0.3 is 9.84 Å². The SMILES string of the molecule is C=COC(=O)C(C)Br.CC(Br)C(=O)O. The van der Waals surface area contributed by atoms with E-state index in [1.165, 1.54) is 0 Å². The topological polar surface area (TPSA) is 63.6 Å². The summed E-state index contributed by atoms with van der Waals surface area (Å²) in [6.07, 6.45) is 1.11. The molecule has 0 fully saturated rings. The van der Waals surface area contributed by atoms with E-state index < -0.39 is 10.8 Å². The molecule has 14 heavy (non-hydrogen) atoms. The molecule has 0 amide bonds. The first-order valence-corrected chi connectivity index (χ1v) is 5.48. The molecule has 0 aliphatic heterocycles. The van der Waals surface area contributed by atoms with Gasteiger partial charge in [-0.05, 0) is 13.8 Å². The van der Waals surface area contributed by atoms with Gasteiger partial charge in [0.2, 0.25) is 0 Å². The number of carboxylic acid groups (broad SMARTS) is 1. The Bertz CT molecular complexity index is 202. The number of esters is 1. The van der Waals surface area contributed by atoms with Crippen molar-refractivity contribution in [3.8, 4) is 0 Å². The summed E-state index contributed by atoms with van der Waals surface area (Å²) < 4.78 is 4.38. The number of hydrogen-bond acceptors (Lipinski definition) is 3. The van der Waals surface area contributed by atoms with Crippen LogP contribution in [0.1, 0.15) is 13.8 Å². The molecule has 2 unspecified atom stereocenters. The van der Waals surface area contributed by atoms with Gasteiger partial charge >= 0.3 is 11.9 Å². The molecule has 4 nitrogen and oxygen atoms in total. The van der Waals surface area contributed by atoms with Crippen molar-refractivity contribution in [2.45, 2.75) is 23.5 Å². The van der Waals surface area contributed by atoms with Crippen LogP contribution in [0, 0.1) is 0 Å². The molecule has 0 bridgehead atoms. The molecule has 0 rings (SSSR count). The average Bonchev–Trinajstić information content (AvgIpc) is 2.05. The van der Waals surface area contributed by atoms with Gasteiger partial charge in [0, 0.05) is 0 Å². The fraction of sp³-hybridized carbons (Fsp3) is 0.500. The van der Waals surface area contributed by atoms with E-state index in [9.17, 15) is 9.59 Å². The maximum Gasteiger partial charge on any atom is 0.324 e.